The highest BCUT2D eigenvalue weighted by Gasteiger charge is 2.21. The van der Waals surface area contributed by atoms with Gasteiger partial charge in [0.25, 0.3) is 0 Å². The van der Waals surface area contributed by atoms with Crippen LogP contribution in [-0.4, -0.2) is 19.1 Å². The third-order valence-electron chi connectivity index (χ3n) is 3.23. The number of ether oxygens (including phenoxy) is 1. The molecule has 0 aromatic heterocycles. The molecule has 0 spiro atoms. The van der Waals surface area contributed by atoms with Crippen LogP contribution >= 0.6 is 24.0 Å². The van der Waals surface area contributed by atoms with Gasteiger partial charge >= 0.3 is 0 Å². The Bertz CT molecular complexity index is 551. The van der Waals surface area contributed by atoms with Crippen molar-refractivity contribution in [3.63, 3.8) is 0 Å². The molecule has 0 aliphatic carbocycles. The number of para-hydroxylation sites is 1. The third kappa shape index (κ3) is 4.77. The molecular weight excluding hydrogens is 379 g/mol. The Morgan fingerprint density at radius 2 is 2.24 bits per heavy atom. The van der Waals surface area contributed by atoms with Crippen LogP contribution in [0.2, 0.25) is 0 Å². The molecule has 0 fully saturated rings. The fourth-order valence-corrected chi connectivity index (χ4v) is 2.03. The molecule has 0 saturated carbocycles. The van der Waals surface area contributed by atoms with E-state index in [1.165, 1.54) is 0 Å². The summed E-state index contributed by atoms with van der Waals surface area (Å²) >= 11 is 0. The average molecular weight is 400 g/mol. The average Bonchev–Trinajstić information content (AvgIpc) is 2.46. The first-order valence-corrected chi connectivity index (χ1v) is 6.71. The summed E-state index contributed by atoms with van der Waals surface area (Å²) in [6.45, 7) is 4.72. The Kier molecular flexibility index (Phi) is 6.27. The van der Waals surface area contributed by atoms with Gasteiger partial charge in [-0.15, -0.1) is 24.0 Å². The number of nitriles is 1. The van der Waals surface area contributed by atoms with Crippen LogP contribution in [0.25, 0.3) is 0 Å². The van der Waals surface area contributed by atoms with E-state index in [4.69, 9.17) is 15.7 Å². The van der Waals surface area contributed by atoms with Gasteiger partial charge in [0.2, 0.25) is 0 Å². The predicted octanol–water partition coefficient (Wildman–Crippen LogP) is 2.58. The Balaban J connectivity index is 0.00000220. The molecule has 1 aromatic carbocycles. The fourth-order valence-electron chi connectivity index (χ4n) is 2.03. The zero-order valence-electron chi connectivity index (χ0n) is 12.3. The quantitative estimate of drug-likeness (QED) is 0.464. The molecule has 1 atom stereocenters. The molecule has 6 heteroatoms. The Morgan fingerprint density at radius 1 is 1.52 bits per heavy atom. The second-order valence-electron chi connectivity index (χ2n) is 5.57. The van der Waals surface area contributed by atoms with E-state index < -0.39 is 5.41 Å². The number of guanidine groups is 1. The first-order chi connectivity index (χ1) is 9.52. The largest absolute Gasteiger partial charge is 0.493 e. The van der Waals surface area contributed by atoms with E-state index in [2.05, 4.69) is 16.4 Å². The van der Waals surface area contributed by atoms with E-state index in [1.807, 2.05) is 38.1 Å². The Morgan fingerprint density at radius 3 is 2.95 bits per heavy atom. The number of rotatable bonds is 3. The maximum absolute atomic E-state index is 8.96. The van der Waals surface area contributed by atoms with Crippen molar-refractivity contribution in [3.8, 4) is 11.8 Å². The fraction of sp³-hybridized carbons (Fsp3) is 0.467. The van der Waals surface area contributed by atoms with E-state index in [-0.39, 0.29) is 30.0 Å². The van der Waals surface area contributed by atoms with Gasteiger partial charge in [0.15, 0.2) is 5.96 Å². The highest BCUT2D eigenvalue weighted by molar-refractivity contribution is 14.0. The lowest BCUT2D eigenvalue weighted by Gasteiger charge is -2.27. The van der Waals surface area contributed by atoms with Gasteiger partial charge < -0.3 is 15.8 Å². The topological polar surface area (TPSA) is 83.4 Å². The molecule has 3 N–H and O–H groups in total. The van der Waals surface area contributed by atoms with Crippen LogP contribution in [0.5, 0.6) is 5.75 Å². The Labute approximate surface area is 142 Å². The van der Waals surface area contributed by atoms with Gasteiger partial charge in [-0.05, 0) is 19.9 Å². The van der Waals surface area contributed by atoms with Gasteiger partial charge in [-0.3, -0.25) is 4.99 Å². The number of aliphatic imine (C=N–C) groups is 1. The third-order valence-corrected chi connectivity index (χ3v) is 3.23. The van der Waals surface area contributed by atoms with Gasteiger partial charge in [0, 0.05) is 12.0 Å². The summed E-state index contributed by atoms with van der Waals surface area (Å²) in [5.41, 5.74) is 6.51. The normalized spacial score (nSPS) is 17.8. The molecule has 2 rings (SSSR count). The minimum absolute atomic E-state index is 0. The Hall–Kier alpha value is -1.49. The van der Waals surface area contributed by atoms with Gasteiger partial charge in [-0.1, -0.05) is 18.2 Å². The van der Waals surface area contributed by atoms with Crippen LogP contribution < -0.4 is 15.8 Å². The molecule has 0 radical (unpaired) electrons. The maximum Gasteiger partial charge on any atom is 0.189 e. The molecule has 1 aromatic rings. The highest BCUT2D eigenvalue weighted by atomic mass is 127. The van der Waals surface area contributed by atoms with Crippen molar-refractivity contribution in [2.45, 2.75) is 26.3 Å². The monoisotopic (exact) mass is 400 g/mol. The predicted molar refractivity (Wildman–Crippen MR) is 93.7 cm³/mol. The standard InChI is InChI=1S/C15H20N4O.HI/c1-15(2,9-16)10-18-14(17)19-12-7-8-20-13-6-4-3-5-11(12)13;/h3-6,12H,7-8,10H2,1-2H3,(H3,17,18,19);1H. The lowest BCUT2D eigenvalue weighted by atomic mass is 9.96. The zero-order chi connectivity index (χ0) is 14.6. The van der Waals surface area contributed by atoms with Crippen LogP contribution in [0.1, 0.15) is 31.9 Å². The van der Waals surface area contributed by atoms with Crippen molar-refractivity contribution in [2.75, 3.05) is 13.2 Å². The molecular formula is C15H21IN4O. The summed E-state index contributed by atoms with van der Waals surface area (Å²) < 4.78 is 5.60. The zero-order valence-corrected chi connectivity index (χ0v) is 14.6. The second-order valence-corrected chi connectivity index (χ2v) is 5.57. The van der Waals surface area contributed by atoms with Gasteiger partial charge in [0.1, 0.15) is 5.75 Å². The summed E-state index contributed by atoms with van der Waals surface area (Å²) in [6.07, 6.45) is 0.842. The van der Waals surface area contributed by atoms with E-state index in [0.29, 0.717) is 19.1 Å². The SMILES string of the molecule is CC(C)(C#N)CN=C(N)NC1CCOc2ccccc21.I. The molecule has 114 valence electrons. The number of nitrogens with two attached hydrogens (primary N) is 1. The van der Waals surface area contributed by atoms with Crippen LogP contribution in [0.3, 0.4) is 0 Å². The van der Waals surface area contributed by atoms with Gasteiger partial charge in [-0.2, -0.15) is 5.26 Å². The number of fused-ring (bicyclic) bond motifs is 1. The lowest BCUT2D eigenvalue weighted by molar-refractivity contribution is 0.262. The van der Waals surface area contributed by atoms with Crippen molar-refractivity contribution >= 4 is 29.9 Å². The van der Waals surface area contributed by atoms with E-state index in [9.17, 15) is 0 Å². The number of nitrogens with zero attached hydrogens (tertiary/aromatic N) is 2. The number of hydrogen-bond donors (Lipinski definition) is 2. The summed E-state index contributed by atoms with van der Waals surface area (Å²) in [6, 6.07) is 10.2. The summed E-state index contributed by atoms with van der Waals surface area (Å²) in [5.74, 6) is 1.26. The molecule has 21 heavy (non-hydrogen) atoms. The van der Waals surface area contributed by atoms with Crippen LogP contribution in [0, 0.1) is 16.7 Å². The van der Waals surface area contributed by atoms with E-state index in [0.717, 1.165) is 17.7 Å². The van der Waals surface area contributed by atoms with Crippen LogP contribution in [0.4, 0.5) is 0 Å². The van der Waals surface area contributed by atoms with Crippen molar-refractivity contribution in [1.29, 1.82) is 5.26 Å². The molecule has 0 saturated heterocycles. The summed E-state index contributed by atoms with van der Waals surface area (Å²) in [5, 5.41) is 12.2. The number of halogens is 1. The summed E-state index contributed by atoms with van der Waals surface area (Å²) in [7, 11) is 0. The van der Waals surface area contributed by atoms with Crippen molar-refractivity contribution in [3.05, 3.63) is 29.8 Å². The molecule has 1 aliphatic rings. The first-order valence-electron chi connectivity index (χ1n) is 6.71. The molecule has 5 nitrogen and oxygen atoms in total. The van der Waals surface area contributed by atoms with Crippen LogP contribution in [0.15, 0.2) is 29.3 Å². The molecule has 0 bridgehead atoms. The maximum atomic E-state index is 8.96. The van der Waals surface area contributed by atoms with Crippen molar-refractivity contribution in [2.24, 2.45) is 16.1 Å². The summed E-state index contributed by atoms with van der Waals surface area (Å²) in [4.78, 5) is 4.25. The molecule has 1 heterocycles. The second kappa shape index (κ2) is 7.50. The minimum atomic E-state index is -0.500. The minimum Gasteiger partial charge on any atom is -0.493 e. The lowest BCUT2D eigenvalue weighted by Crippen LogP contribution is -2.38. The van der Waals surface area contributed by atoms with E-state index >= 15 is 0 Å². The van der Waals surface area contributed by atoms with Crippen molar-refractivity contribution < 1.29 is 4.74 Å². The molecule has 0 amide bonds. The van der Waals surface area contributed by atoms with E-state index in [1.54, 1.807) is 0 Å². The smallest absolute Gasteiger partial charge is 0.189 e. The first kappa shape index (κ1) is 17.6. The number of hydrogen-bond acceptors (Lipinski definition) is 3. The molecule has 1 unspecified atom stereocenters. The molecule has 1 aliphatic heterocycles. The number of nitrogens with one attached hydrogen (secondary N) is 1. The van der Waals surface area contributed by atoms with Crippen LogP contribution in [-0.2, 0) is 0 Å². The highest BCUT2D eigenvalue weighted by Crippen LogP contribution is 2.31. The van der Waals surface area contributed by atoms with Gasteiger partial charge in [0.05, 0.1) is 30.7 Å². The number of benzene rings is 1. The van der Waals surface area contributed by atoms with Crippen molar-refractivity contribution in [1.82, 2.24) is 5.32 Å². The van der Waals surface area contributed by atoms with Gasteiger partial charge in [-0.25, -0.2) is 0 Å².